The first-order valence-electron chi connectivity index (χ1n) is 23.2. The van der Waals surface area contributed by atoms with Gasteiger partial charge in [0.1, 0.15) is 35.8 Å². The van der Waals surface area contributed by atoms with Crippen molar-refractivity contribution in [1.82, 2.24) is 0 Å². The van der Waals surface area contributed by atoms with Crippen LogP contribution in [0.4, 0.5) is 0 Å². The lowest BCUT2D eigenvalue weighted by Gasteiger charge is -2.09. The third-order valence-electron chi connectivity index (χ3n) is 9.10. The van der Waals surface area contributed by atoms with Crippen molar-refractivity contribution in [1.29, 1.82) is 0 Å². The largest absolute Gasteiger partial charge is 0.462 e. The molecule has 3 aromatic carbocycles. The Morgan fingerprint density at radius 3 is 0.929 bits per heavy atom. The van der Waals surface area contributed by atoms with Crippen LogP contribution in [0.2, 0.25) is 39.3 Å². The summed E-state index contributed by atoms with van der Waals surface area (Å²) in [5.41, 5.74) is 12.7. The molecular formula is C56H58O8S4Si2. The Kier molecular flexibility index (Phi) is 21.2. The smallest absolute Gasteiger partial charge is 0.346 e. The summed E-state index contributed by atoms with van der Waals surface area (Å²) in [4.78, 5) is 54.2. The van der Waals surface area contributed by atoms with Gasteiger partial charge in [-0.25, -0.2) is 19.2 Å². The molecule has 0 spiro atoms. The van der Waals surface area contributed by atoms with E-state index in [-0.39, 0.29) is 46.0 Å². The van der Waals surface area contributed by atoms with E-state index in [1.54, 1.807) is 0 Å². The molecule has 2 heterocycles. The fraction of sp³-hybridized carbons (Fsp3) is 0.321. The molecule has 14 heteroatoms. The molecule has 2 aliphatic rings. The van der Waals surface area contributed by atoms with E-state index in [4.69, 9.17) is 18.9 Å². The van der Waals surface area contributed by atoms with Crippen LogP contribution in [0.5, 0.6) is 0 Å². The Morgan fingerprint density at radius 1 is 0.429 bits per heavy atom. The number of rotatable bonds is 14. The summed E-state index contributed by atoms with van der Waals surface area (Å²) < 4.78 is 23.3. The topological polar surface area (TPSA) is 105 Å². The van der Waals surface area contributed by atoms with Gasteiger partial charge in [-0.2, -0.15) is 0 Å². The molecule has 0 saturated heterocycles. The molecular weight excluding hydrogens is 985 g/mol. The molecule has 5 rings (SSSR count). The lowest BCUT2D eigenvalue weighted by Crippen LogP contribution is -2.16. The zero-order valence-corrected chi connectivity index (χ0v) is 46.8. The van der Waals surface area contributed by atoms with Crippen LogP contribution >= 0.6 is 47.0 Å². The van der Waals surface area contributed by atoms with Crippen molar-refractivity contribution in [2.24, 2.45) is 0 Å². The highest BCUT2D eigenvalue weighted by atomic mass is 32.2. The summed E-state index contributed by atoms with van der Waals surface area (Å²) in [7, 11) is -3.16. The van der Waals surface area contributed by atoms with Gasteiger partial charge in [0.15, 0.2) is 0 Å². The predicted octanol–water partition coefficient (Wildman–Crippen LogP) is 12.7. The van der Waals surface area contributed by atoms with Crippen molar-refractivity contribution in [3.63, 3.8) is 0 Å². The second-order valence-corrected chi connectivity index (χ2v) is 32.1. The van der Waals surface area contributed by atoms with Gasteiger partial charge in [0.25, 0.3) is 0 Å². The Bertz CT molecular complexity index is 2610. The molecule has 0 aromatic heterocycles. The molecule has 2 aliphatic heterocycles. The van der Waals surface area contributed by atoms with E-state index < -0.39 is 40.0 Å². The Balaban J connectivity index is 1.71. The van der Waals surface area contributed by atoms with Gasteiger partial charge in [0, 0.05) is 33.4 Å². The second-order valence-electron chi connectivity index (χ2n) is 17.9. The van der Waals surface area contributed by atoms with Gasteiger partial charge < -0.3 is 18.9 Å². The van der Waals surface area contributed by atoms with Crippen LogP contribution in [-0.2, 0) is 38.1 Å². The van der Waals surface area contributed by atoms with Gasteiger partial charge >= 0.3 is 23.9 Å². The number of esters is 4. The maximum atomic E-state index is 13.4. The quantitative estimate of drug-likeness (QED) is 0.0664. The van der Waals surface area contributed by atoms with Gasteiger partial charge in [-0.05, 0) is 110 Å². The van der Waals surface area contributed by atoms with Gasteiger partial charge in [-0.1, -0.05) is 150 Å². The molecule has 0 bridgehead atoms. The van der Waals surface area contributed by atoms with Crippen molar-refractivity contribution >= 4 is 99.2 Å². The summed E-state index contributed by atoms with van der Waals surface area (Å²) in [6.07, 6.45) is 6.26. The lowest BCUT2D eigenvalue weighted by atomic mass is 9.97. The molecule has 0 radical (unpaired) electrons. The van der Waals surface area contributed by atoms with Crippen LogP contribution < -0.4 is 0 Å². The van der Waals surface area contributed by atoms with E-state index in [0.29, 0.717) is 56.4 Å². The average Bonchev–Trinajstić information content (AvgIpc) is 3.96. The van der Waals surface area contributed by atoms with Crippen LogP contribution in [0.1, 0.15) is 97.9 Å². The number of benzene rings is 3. The first-order valence-corrected chi connectivity index (χ1v) is 33.5. The van der Waals surface area contributed by atoms with Crippen molar-refractivity contribution in [3.05, 3.63) is 133 Å². The molecule has 0 aliphatic carbocycles. The molecule has 0 N–H and O–H groups in total. The third-order valence-corrected chi connectivity index (χ3v) is 15.7. The molecule has 0 unspecified atom stereocenters. The van der Waals surface area contributed by atoms with Crippen LogP contribution in [0.25, 0.3) is 12.2 Å². The Morgan fingerprint density at radius 2 is 0.686 bits per heavy atom. The van der Waals surface area contributed by atoms with E-state index in [9.17, 15) is 19.2 Å². The van der Waals surface area contributed by atoms with Gasteiger partial charge in [-0.15, -0.1) is 11.1 Å². The Labute approximate surface area is 433 Å². The highest BCUT2D eigenvalue weighted by molar-refractivity contribution is 8.30. The summed E-state index contributed by atoms with van der Waals surface area (Å²) in [5.74, 6) is 17.7. The standard InChI is InChI=1S/C56H58O8S4Si2/c1-11-29-61-53(57)49-50(54(58)62-30-12-2)66-47(65-49)37-45-35-44(26-24-40-17-21-42(22-18-40)28-34-70(8,9)10)46(36-43(45)25-23-39-15-19-41(20-16-39)27-33-69(5,6)7)38-48-67-51(55(59)63-31-13-3)52(68-48)56(60)64-32-14-4/h15-22,35-38H,11-14,29-32H2,1-10H3. The number of thioether (sulfide) groups is 4. The van der Waals surface area contributed by atoms with E-state index >= 15 is 0 Å². The van der Waals surface area contributed by atoms with Crippen LogP contribution in [0.3, 0.4) is 0 Å². The summed E-state index contributed by atoms with van der Waals surface area (Å²) in [5, 5.41) is 0. The molecule has 0 saturated carbocycles. The van der Waals surface area contributed by atoms with Crippen LogP contribution in [0.15, 0.2) is 88.8 Å². The molecule has 0 amide bonds. The monoisotopic (exact) mass is 1040 g/mol. The van der Waals surface area contributed by atoms with E-state index in [2.05, 4.69) is 85.9 Å². The zero-order valence-electron chi connectivity index (χ0n) is 41.5. The maximum Gasteiger partial charge on any atom is 0.346 e. The number of ether oxygens (including phenoxy) is 4. The van der Waals surface area contributed by atoms with Crippen LogP contribution in [0, 0.1) is 46.6 Å². The fourth-order valence-corrected chi connectivity index (χ4v) is 11.4. The summed E-state index contributed by atoms with van der Waals surface area (Å²) in [6.45, 7) is 21.7. The Hall–Kier alpha value is -5.43. The molecule has 8 nitrogen and oxygen atoms in total. The average molecular weight is 1040 g/mol. The second kappa shape index (κ2) is 26.7. The van der Waals surface area contributed by atoms with Crippen molar-refractivity contribution in [2.75, 3.05) is 26.4 Å². The number of hydrogen-bond donors (Lipinski definition) is 0. The molecule has 3 aromatic rings. The first-order chi connectivity index (χ1) is 33.4. The van der Waals surface area contributed by atoms with Crippen molar-refractivity contribution < 1.29 is 38.1 Å². The molecule has 70 heavy (non-hydrogen) atoms. The minimum absolute atomic E-state index is 0.166. The number of carbonyl (C=O) groups is 4. The SMILES string of the molecule is CCCOC(=O)C1=C(C(=O)OCCC)SC(=Cc2cc(C#Cc3ccc(C#C[Si](C)(C)C)cc3)c(C=C3SC(C(=O)OCCC)=C(C(=O)OCCC)S3)cc2C#Cc2ccc(C#C[Si](C)(C)C)cc2)S1. The molecule has 362 valence electrons. The van der Waals surface area contributed by atoms with E-state index in [0.717, 1.165) is 69.3 Å². The zero-order chi connectivity index (χ0) is 50.8. The summed E-state index contributed by atoms with van der Waals surface area (Å²) >= 11 is 4.59. The highest BCUT2D eigenvalue weighted by Crippen LogP contribution is 2.52. The van der Waals surface area contributed by atoms with E-state index in [1.165, 1.54) is 0 Å². The normalized spacial score (nSPS) is 13.1. The predicted molar refractivity (Wildman–Crippen MR) is 297 cm³/mol. The maximum absolute atomic E-state index is 13.4. The number of hydrogen-bond acceptors (Lipinski definition) is 12. The van der Waals surface area contributed by atoms with E-state index in [1.807, 2.05) is 101 Å². The molecule has 0 atom stereocenters. The summed E-state index contributed by atoms with van der Waals surface area (Å²) in [6, 6.07) is 19.5. The van der Waals surface area contributed by atoms with Crippen LogP contribution in [-0.4, -0.2) is 66.5 Å². The minimum Gasteiger partial charge on any atom is -0.462 e. The van der Waals surface area contributed by atoms with Gasteiger partial charge in [0.05, 0.1) is 34.9 Å². The van der Waals surface area contributed by atoms with Gasteiger partial charge in [0.2, 0.25) is 0 Å². The fourth-order valence-electron chi connectivity index (χ4n) is 5.74. The van der Waals surface area contributed by atoms with Gasteiger partial charge in [-0.3, -0.25) is 0 Å². The highest BCUT2D eigenvalue weighted by Gasteiger charge is 2.34. The first kappa shape index (κ1) is 55.5. The minimum atomic E-state index is -1.58. The number of carbonyl (C=O) groups excluding carboxylic acids is 4. The van der Waals surface area contributed by atoms with Crippen molar-refractivity contribution in [2.45, 2.75) is 92.7 Å². The lowest BCUT2D eigenvalue weighted by molar-refractivity contribution is -0.141. The molecule has 0 fully saturated rings. The third kappa shape index (κ3) is 17.5. The van der Waals surface area contributed by atoms with Crippen molar-refractivity contribution in [3.8, 4) is 46.6 Å².